The molecule has 1 amide bonds. The number of nitrogens with one attached hydrogen (secondary N) is 1. The van der Waals surface area contributed by atoms with E-state index in [2.05, 4.69) is 17.5 Å². The first-order valence-electron chi connectivity index (χ1n) is 5.42. The van der Waals surface area contributed by atoms with Crippen molar-refractivity contribution in [2.24, 2.45) is 5.10 Å². The van der Waals surface area contributed by atoms with E-state index in [0.717, 1.165) is 19.3 Å². The topological polar surface area (TPSA) is 41.5 Å². The molecular formula is C12H14Cl2N2O. The van der Waals surface area contributed by atoms with E-state index in [-0.39, 0.29) is 5.91 Å². The number of nitrogens with zero attached hydrogens (tertiary/aromatic N) is 1. The van der Waals surface area contributed by atoms with Crippen LogP contribution in [0.5, 0.6) is 0 Å². The molecule has 17 heavy (non-hydrogen) atoms. The summed E-state index contributed by atoms with van der Waals surface area (Å²) in [6.07, 6.45) is 4.69. The van der Waals surface area contributed by atoms with Crippen LogP contribution in [-0.2, 0) is 0 Å². The molecule has 0 fully saturated rings. The highest BCUT2D eigenvalue weighted by molar-refractivity contribution is 6.36. The average Bonchev–Trinajstić information content (AvgIpc) is 2.28. The van der Waals surface area contributed by atoms with Crippen molar-refractivity contribution < 1.29 is 4.79 Å². The fraction of sp³-hybridized carbons (Fsp3) is 0.333. The molecular weight excluding hydrogens is 259 g/mol. The number of hydrogen-bond donors (Lipinski definition) is 1. The second kappa shape index (κ2) is 7.30. The summed E-state index contributed by atoms with van der Waals surface area (Å²) >= 11 is 11.6. The normalized spacial score (nSPS) is 10.8. The highest BCUT2D eigenvalue weighted by atomic mass is 35.5. The number of benzene rings is 1. The smallest absolute Gasteiger partial charge is 0.267 e. The summed E-state index contributed by atoms with van der Waals surface area (Å²) in [5.41, 5.74) is 2.79. The molecule has 0 heterocycles. The third kappa shape index (κ3) is 4.75. The summed E-state index contributed by atoms with van der Waals surface area (Å²) in [5, 5.41) is 4.65. The zero-order valence-corrected chi connectivity index (χ0v) is 11.1. The average molecular weight is 273 g/mol. The van der Waals surface area contributed by atoms with Crippen LogP contribution in [0.2, 0.25) is 10.0 Å². The van der Waals surface area contributed by atoms with Crippen LogP contribution in [0.1, 0.15) is 36.5 Å². The number of carbonyl (C=O) groups excluding carboxylic acids is 1. The second-order valence-electron chi connectivity index (χ2n) is 3.52. The van der Waals surface area contributed by atoms with Crippen molar-refractivity contribution in [1.29, 1.82) is 0 Å². The number of hydrazone groups is 1. The number of halogens is 2. The first-order chi connectivity index (χ1) is 8.15. The Morgan fingerprint density at radius 2 is 2.24 bits per heavy atom. The monoisotopic (exact) mass is 272 g/mol. The molecule has 0 aliphatic rings. The van der Waals surface area contributed by atoms with Crippen molar-refractivity contribution in [2.75, 3.05) is 0 Å². The molecule has 1 N–H and O–H groups in total. The number of carbonyl (C=O) groups is 1. The van der Waals surface area contributed by atoms with Crippen LogP contribution in [-0.4, -0.2) is 12.1 Å². The molecule has 92 valence electrons. The van der Waals surface area contributed by atoms with Crippen LogP contribution in [0.4, 0.5) is 0 Å². The summed E-state index contributed by atoms with van der Waals surface area (Å²) in [5.74, 6) is -0.334. The molecule has 1 aromatic carbocycles. The van der Waals surface area contributed by atoms with E-state index < -0.39 is 0 Å². The van der Waals surface area contributed by atoms with Gasteiger partial charge in [0.2, 0.25) is 0 Å². The molecule has 0 unspecified atom stereocenters. The van der Waals surface area contributed by atoms with Crippen LogP contribution in [0, 0.1) is 0 Å². The molecule has 0 saturated carbocycles. The highest BCUT2D eigenvalue weighted by Crippen LogP contribution is 2.20. The molecule has 0 radical (unpaired) electrons. The summed E-state index contributed by atoms with van der Waals surface area (Å²) in [4.78, 5) is 11.7. The maximum Gasteiger partial charge on any atom is 0.272 e. The number of rotatable bonds is 5. The maximum absolute atomic E-state index is 11.7. The minimum atomic E-state index is -0.334. The molecule has 3 nitrogen and oxygen atoms in total. The lowest BCUT2D eigenvalue weighted by Crippen LogP contribution is -2.17. The van der Waals surface area contributed by atoms with E-state index in [9.17, 15) is 4.79 Å². The van der Waals surface area contributed by atoms with Crippen LogP contribution < -0.4 is 5.43 Å². The fourth-order valence-corrected chi connectivity index (χ4v) is 1.69. The molecule has 5 heteroatoms. The molecule has 0 aliphatic carbocycles. The lowest BCUT2D eigenvalue weighted by molar-refractivity contribution is 0.0955. The SMILES string of the molecule is CCCC/C=N/NC(=O)c1ccc(Cl)cc1Cl. The van der Waals surface area contributed by atoms with Gasteiger partial charge in [0.15, 0.2) is 0 Å². The van der Waals surface area contributed by atoms with Crippen molar-refractivity contribution in [3.8, 4) is 0 Å². The molecule has 0 aromatic heterocycles. The van der Waals surface area contributed by atoms with Gasteiger partial charge in [-0.3, -0.25) is 4.79 Å². The minimum Gasteiger partial charge on any atom is -0.267 e. The zero-order valence-electron chi connectivity index (χ0n) is 9.54. The standard InChI is InChI=1S/C12H14Cl2N2O/c1-2-3-4-7-15-16-12(17)10-6-5-9(13)8-11(10)14/h5-8H,2-4H2,1H3,(H,16,17)/b15-7+. The van der Waals surface area contributed by atoms with Crippen molar-refractivity contribution in [2.45, 2.75) is 26.2 Å². The third-order valence-electron chi connectivity index (χ3n) is 2.12. The molecule has 0 saturated heterocycles. The Morgan fingerprint density at radius 1 is 1.47 bits per heavy atom. The van der Waals surface area contributed by atoms with Crippen LogP contribution in [0.25, 0.3) is 0 Å². The van der Waals surface area contributed by atoms with Gasteiger partial charge >= 0.3 is 0 Å². The molecule has 0 aliphatic heterocycles. The lowest BCUT2D eigenvalue weighted by atomic mass is 10.2. The van der Waals surface area contributed by atoms with Gasteiger partial charge in [0.25, 0.3) is 5.91 Å². The molecule has 0 bridgehead atoms. The molecule has 1 aromatic rings. The van der Waals surface area contributed by atoms with Crippen molar-refractivity contribution in [3.63, 3.8) is 0 Å². The van der Waals surface area contributed by atoms with Gasteiger partial charge in [-0.15, -0.1) is 0 Å². The predicted molar refractivity (Wildman–Crippen MR) is 71.9 cm³/mol. The van der Waals surface area contributed by atoms with Gasteiger partial charge in [-0.1, -0.05) is 36.5 Å². The van der Waals surface area contributed by atoms with E-state index >= 15 is 0 Å². The van der Waals surface area contributed by atoms with E-state index in [1.54, 1.807) is 18.3 Å². The first kappa shape index (κ1) is 14.0. The fourth-order valence-electron chi connectivity index (χ4n) is 1.20. The van der Waals surface area contributed by atoms with Gasteiger partial charge in [0.05, 0.1) is 10.6 Å². The molecule has 0 atom stereocenters. The van der Waals surface area contributed by atoms with Crippen molar-refractivity contribution >= 4 is 35.3 Å². The Bertz CT molecular complexity index is 419. The Balaban J connectivity index is 2.55. The number of amides is 1. The number of hydrogen-bond acceptors (Lipinski definition) is 2. The second-order valence-corrected chi connectivity index (χ2v) is 4.36. The van der Waals surface area contributed by atoms with Crippen LogP contribution in [0.3, 0.4) is 0 Å². The third-order valence-corrected chi connectivity index (χ3v) is 2.67. The van der Waals surface area contributed by atoms with Gasteiger partial charge in [0, 0.05) is 11.2 Å². The maximum atomic E-state index is 11.7. The quantitative estimate of drug-likeness (QED) is 0.493. The van der Waals surface area contributed by atoms with Gasteiger partial charge in [-0.25, -0.2) is 5.43 Å². The zero-order chi connectivity index (χ0) is 12.7. The Kier molecular flexibility index (Phi) is 6.01. The van der Waals surface area contributed by atoms with E-state index in [4.69, 9.17) is 23.2 Å². The van der Waals surface area contributed by atoms with Crippen LogP contribution in [0.15, 0.2) is 23.3 Å². The van der Waals surface area contributed by atoms with Crippen molar-refractivity contribution in [1.82, 2.24) is 5.43 Å². The van der Waals surface area contributed by atoms with E-state index in [1.807, 2.05) is 0 Å². The molecule has 1 rings (SSSR count). The summed E-state index contributed by atoms with van der Waals surface area (Å²) in [6, 6.07) is 4.71. The van der Waals surface area contributed by atoms with Gasteiger partial charge in [-0.2, -0.15) is 5.10 Å². The van der Waals surface area contributed by atoms with Crippen LogP contribution >= 0.6 is 23.2 Å². The Morgan fingerprint density at radius 3 is 2.88 bits per heavy atom. The highest BCUT2D eigenvalue weighted by Gasteiger charge is 2.09. The molecule has 0 spiro atoms. The largest absolute Gasteiger partial charge is 0.272 e. The van der Waals surface area contributed by atoms with E-state index in [1.165, 1.54) is 6.07 Å². The predicted octanol–water partition coefficient (Wildman–Crippen LogP) is 3.90. The Labute approximate surface area is 111 Å². The summed E-state index contributed by atoms with van der Waals surface area (Å²) in [6.45, 7) is 2.10. The summed E-state index contributed by atoms with van der Waals surface area (Å²) < 4.78 is 0. The summed E-state index contributed by atoms with van der Waals surface area (Å²) in [7, 11) is 0. The van der Waals surface area contributed by atoms with Crippen molar-refractivity contribution in [3.05, 3.63) is 33.8 Å². The van der Waals surface area contributed by atoms with Gasteiger partial charge in [-0.05, 0) is 31.0 Å². The lowest BCUT2D eigenvalue weighted by Gasteiger charge is -2.02. The first-order valence-corrected chi connectivity index (χ1v) is 6.17. The van der Waals surface area contributed by atoms with Gasteiger partial charge in [0.1, 0.15) is 0 Å². The van der Waals surface area contributed by atoms with E-state index in [0.29, 0.717) is 15.6 Å². The Hall–Kier alpha value is -1.06. The number of unbranched alkanes of at least 4 members (excludes halogenated alkanes) is 2. The van der Waals surface area contributed by atoms with Gasteiger partial charge < -0.3 is 0 Å². The minimum absolute atomic E-state index is 0.318.